The first-order chi connectivity index (χ1) is 10.2. The van der Waals surface area contributed by atoms with Crippen LogP contribution in [0.5, 0.6) is 11.5 Å². The summed E-state index contributed by atoms with van der Waals surface area (Å²) in [7, 11) is 0. The minimum atomic E-state index is -0.0510. The number of ether oxygens (including phenoxy) is 2. The van der Waals surface area contributed by atoms with Crippen molar-refractivity contribution in [3.63, 3.8) is 0 Å². The average molecular weight is 293 g/mol. The van der Waals surface area contributed by atoms with Crippen LogP contribution >= 0.6 is 0 Å². The van der Waals surface area contributed by atoms with E-state index < -0.39 is 0 Å². The molecule has 1 aliphatic carbocycles. The van der Waals surface area contributed by atoms with Gasteiger partial charge in [-0.25, -0.2) is 0 Å². The van der Waals surface area contributed by atoms with Crippen molar-refractivity contribution < 1.29 is 19.4 Å². The highest BCUT2D eigenvalue weighted by Crippen LogP contribution is 2.30. The molecule has 1 amide bonds. The molecule has 0 spiro atoms. The Kier molecular flexibility index (Phi) is 5.44. The number of aliphatic hydroxyl groups is 1. The molecule has 0 unspecified atom stereocenters. The number of hydrogen-bond donors (Lipinski definition) is 1. The highest BCUT2D eigenvalue weighted by atomic mass is 16.5. The Bertz CT molecular complexity index is 485. The van der Waals surface area contributed by atoms with E-state index >= 15 is 0 Å². The Hall–Kier alpha value is -1.75. The van der Waals surface area contributed by atoms with E-state index in [0.29, 0.717) is 30.7 Å². The van der Waals surface area contributed by atoms with Crippen molar-refractivity contribution in [2.75, 3.05) is 19.8 Å². The Labute approximate surface area is 125 Å². The van der Waals surface area contributed by atoms with Crippen LogP contribution in [0.1, 0.15) is 32.3 Å². The fourth-order valence-corrected chi connectivity index (χ4v) is 2.29. The predicted molar refractivity (Wildman–Crippen MR) is 79.4 cm³/mol. The highest BCUT2D eigenvalue weighted by Gasteiger charge is 2.31. The number of carbonyl (C=O) groups is 1. The maximum Gasteiger partial charge on any atom is 0.260 e. The molecule has 5 nitrogen and oxygen atoms in total. The molecule has 21 heavy (non-hydrogen) atoms. The van der Waals surface area contributed by atoms with Gasteiger partial charge in [0.15, 0.2) is 18.1 Å². The van der Waals surface area contributed by atoms with Gasteiger partial charge in [-0.15, -0.1) is 0 Å². The fraction of sp³-hybridized carbons (Fsp3) is 0.562. The van der Waals surface area contributed by atoms with Crippen LogP contribution in [0.25, 0.3) is 0 Å². The average Bonchev–Trinajstić information content (AvgIpc) is 3.31. The first kappa shape index (κ1) is 15.6. The molecular formula is C16H23NO4. The molecule has 1 N–H and O–H groups in total. The molecular weight excluding hydrogens is 270 g/mol. The number of amides is 1. The van der Waals surface area contributed by atoms with E-state index in [1.807, 2.05) is 18.7 Å². The van der Waals surface area contributed by atoms with E-state index in [9.17, 15) is 4.79 Å². The summed E-state index contributed by atoms with van der Waals surface area (Å²) in [5.74, 6) is 1.11. The van der Waals surface area contributed by atoms with E-state index in [4.69, 9.17) is 14.6 Å². The quantitative estimate of drug-likeness (QED) is 0.796. The summed E-state index contributed by atoms with van der Waals surface area (Å²) in [5, 5.41) is 9.15. The van der Waals surface area contributed by atoms with Crippen LogP contribution < -0.4 is 9.47 Å². The van der Waals surface area contributed by atoms with Crippen molar-refractivity contribution in [2.45, 2.75) is 39.3 Å². The molecule has 0 aromatic heterocycles. The van der Waals surface area contributed by atoms with Crippen LogP contribution in [0, 0.1) is 0 Å². The SMILES string of the molecule is CCOc1cc(CO)ccc1OCC(=O)N(CC)C1CC1. The third-order valence-electron chi connectivity index (χ3n) is 3.49. The molecule has 0 heterocycles. The molecule has 1 aromatic carbocycles. The summed E-state index contributed by atoms with van der Waals surface area (Å²) in [5.41, 5.74) is 0.755. The van der Waals surface area contributed by atoms with Gasteiger partial charge in [0.1, 0.15) is 0 Å². The molecule has 0 radical (unpaired) electrons. The monoisotopic (exact) mass is 293 g/mol. The van der Waals surface area contributed by atoms with E-state index in [1.54, 1.807) is 18.2 Å². The maximum atomic E-state index is 12.1. The van der Waals surface area contributed by atoms with Gasteiger partial charge in [-0.1, -0.05) is 6.07 Å². The summed E-state index contributed by atoms with van der Waals surface area (Å²) >= 11 is 0. The first-order valence-corrected chi connectivity index (χ1v) is 7.48. The minimum Gasteiger partial charge on any atom is -0.490 e. The lowest BCUT2D eigenvalue weighted by Gasteiger charge is -2.21. The van der Waals surface area contributed by atoms with Gasteiger partial charge in [-0.2, -0.15) is 0 Å². The van der Waals surface area contributed by atoms with E-state index in [-0.39, 0.29) is 19.1 Å². The van der Waals surface area contributed by atoms with Crippen LogP contribution in [0.3, 0.4) is 0 Å². The lowest BCUT2D eigenvalue weighted by atomic mass is 10.2. The standard InChI is InChI=1S/C16H23NO4/c1-3-17(13-6-7-13)16(19)11-21-14-8-5-12(10-18)9-15(14)20-4-2/h5,8-9,13,18H,3-4,6-7,10-11H2,1-2H3. The Balaban J connectivity index is 1.99. The summed E-state index contributed by atoms with van der Waals surface area (Å²) in [4.78, 5) is 14.0. The Morgan fingerprint density at radius 1 is 1.29 bits per heavy atom. The van der Waals surface area contributed by atoms with Crippen molar-refractivity contribution >= 4 is 5.91 Å². The second kappa shape index (κ2) is 7.31. The number of rotatable bonds is 8. The molecule has 0 bridgehead atoms. The second-order valence-electron chi connectivity index (χ2n) is 5.07. The van der Waals surface area contributed by atoms with Crippen molar-refractivity contribution in [3.05, 3.63) is 23.8 Å². The molecule has 2 rings (SSSR count). The predicted octanol–water partition coefficient (Wildman–Crippen LogP) is 1.97. The van der Waals surface area contributed by atoms with E-state index in [2.05, 4.69) is 0 Å². The number of nitrogens with zero attached hydrogens (tertiary/aromatic N) is 1. The lowest BCUT2D eigenvalue weighted by Crippen LogP contribution is -2.36. The molecule has 1 saturated carbocycles. The number of benzene rings is 1. The van der Waals surface area contributed by atoms with Crippen LogP contribution in [0.2, 0.25) is 0 Å². The van der Waals surface area contributed by atoms with Gasteiger partial charge in [0.05, 0.1) is 13.2 Å². The topological polar surface area (TPSA) is 59.0 Å². The molecule has 1 aromatic rings. The third-order valence-corrected chi connectivity index (χ3v) is 3.49. The number of aliphatic hydroxyl groups excluding tert-OH is 1. The van der Waals surface area contributed by atoms with Crippen LogP contribution in [-0.2, 0) is 11.4 Å². The zero-order chi connectivity index (χ0) is 15.2. The molecule has 0 saturated heterocycles. The van der Waals surface area contributed by atoms with Gasteiger partial charge in [0.25, 0.3) is 5.91 Å². The number of carbonyl (C=O) groups excluding carboxylic acids is 1. The Morgan fingerprint density at radius 2 is 2.05 bits per heavy atom. The molecule has 1 fully saturated rings. The van der Waals surface area contributed by atoms with Gasteiger partial charge >= 0.3 is 0 Å². The molecule has 1 aliphatic rings. The Morgan fingerprint density at radius 3 is 2.62 bits per heavy atom. The van der Waals surface area contributed by atoms with E-state index in [0.717, 1.165) is 18.4 Å². The highest BCUT2D eigenvalue weighted by molar-refractivity contribution is 5.78. The van der Waals surface area contributed by atoms with Crippen molar-refractivity contribution in [1.29, 1.82) is 0 Å². The largest absolute Gasteiger partial charge is 0.490 e. The first-order valence-electron chi connectivity index (χ1n) is 7.48. The third kappa shape index (κ3) is 4.11. The van der Waals surface area contributed by atoms with Crippen LogP contribution in [0.4, 0.5) is 0 Å². The summed E-state index contributed by atoms with van der Waals surface area (Å²) in [6.07, 6.45) is 2.18. The number of likely N-dealkylation sites (N-methyl/N-ethyl adjacent to an activating group) is 1. The maximum absolute atomic E-state index is 12.1. The van der Waals surface area contributed by atoms with Crippen molar-refractivity contribution in [1.82, 2.24) is 4.90 Å². The lowest BCUT2D eigenvalue weighted by molar-refractivity contribution is -0.133. The van der Waals surface area contributed by atoms with Crippen molar-refractivity contribution in [3.8, 4) is 11.5 Å². The zero-order valence-corrected chi connectivity index (χ0v) is 12.7. The zero-order valence-electron chi connectivity index (χ0n) is 12.7. The van der Waals surface area contributed by atoms with Gasteiger partial charge in [-0.3, -0.25) is 4.79 Å². The summed E-state index contributed by atoms with van der Waals surface area (Å²) in [6.45, 7) is 5.05. The number of hydrogen-bond acceptors (Lipinski definition) is 4. The van der Waals surface area contributed by atoms with Gasteiger partial charge in [-0.05, 0) is 44.4 Å². The fourth-order valence-electron chi connectivity index (χ4n) is 2.29. The van der Waals surface area contributed by atoms with Crippen molar-refractivity contribution in [2.24, 2.45) is 0 Å². The smallest absolute Gasteiger partial charge is 0.260 e. The minimum absolute atomic E-state index is 0.00804. The van der Waals surface area contributed by atoms with E-state index in [1.165, 1.54) is 0 Å². The molecule has 0 atom stereocenters. The normalized spacial score (nSPS) is 13.9. The summed E-state index contributed by atoms with van der Waals surface area (Å²) < 4.78 is 11.1. The van der Waals surface area contributed by atoms with Gasteiger partial charge in [0, 0.05) is 12.6 Å². The van der Waals surface area contributed by atoms with Gasteiger partial charge < -0.3 is 19.5 Å². The molecule has 5 heteroatoms. The van der Waals surface area contributed by atoms with Crippen LogP contribution in [-0.4, -0.2) is 41.7 Å². The molecule has 0 aliphatic heterocycles. The molecule has 116 valence electrons. The second-order valence-corrected chi connectivity index (χ2v) is 5.07. The van der Waals surface area contributed by atoms with Crippen LogP contribution in [0.15, 0.2) is 18.2 Å². The summed E-state index contributed by atoms with van der Waals surface area (Å²) in [6, 6.07) is 5.63. The van der Waals surface area contributed by atoms with Gasteiger partial charge in [0.2, 0.25) is 0 Å².